The van der Waals surface area contributed by atoms with Crippen LogP contribution >= 0.6 is 23.2 Å². The van der Waals surface area contributed by atoms with Crippen molar-refractivity contribution in [1.29, 1.82) is 0 Å². The van der Waals surface area contributed by atoms with Crippen molar-refractivity contribution in [3.63, 3.8) is 0 Å². The van der Waals surface area contributed by atoms with E-state index in [9.17, 15) is 13.6 Å². The Kier molecular flexibility index (Phi) is 8.54. The Labute approximate surface area is 171 Å². The zero-order valence-corrected chi connectivity index (χ0v) is 16.5. The maximum absolute atomic E-state index is 12.2. The minimum Gasteiger partial charge on any atom is -0.490 e. The van der Waals surface area contributed by atoms with E-state index in [-0.39, 0.29) is 31.6 Å². The van der Waals surface area contributed by atoms with Crippen molar-refractivity contribution in [2.45, 2.75) is 19.8 Å². The van der Waals surface area contributed by atoms with Gasteiger partial charge in [0.1, 0.15) is 30.5 Å². The Morgan fingerprint density at radius 1 is 0.893 bits per heavy atom. The highest BCUT2D eigenvalue weighted by Crippen LogP contribution is 2.29. The van der Waals surface area contributed by atoms with E-state index in [4.69, 9.17) is 37.4 Å². The van der Waals surface area contributed by atoms with Crippen molar-refractivity contribution in [2.24, 2.45) is 0 Å². The fourth-order valence-corrected chi connectivity index (χ4v) is 2.60. The molecule has 0 aliphatic heterocycles. The lowest BCUT2D eigenvalue weighted by Crippen LogP contribution is -2.12. The van der Waals surface area contributed by atoms with Crippen molar-refractivity contribution in [3.8, 4) is 17.2 Å². The molecule has 150 valence electrons. The zero-order valence-electron chi connectivity index (χ0n) is 15.0. The number of hydrogen-bond donors (Lipinski definition) is 0. The molecule has 28 heavy (non-hydrogen) atoms. The zero-order chi connectivity index (χ0) is 20.5. The summed E-state index contributed by atoms with van der Waals surface area (Å²) in [6.45, 7) is 1.45. The Bertz CT molecular complexity index is 814. The molecule has 0 saturated carbocycles. The average molecular weight is 431 g/mol. The van der Waals surface area contributed by atoms with E-state index in [1.807, 2.05) is 0 Å². The number of allylic oxidation sites excluding steroid dienone is 1. The second-order valence-electron chi connectivity index (χ2n) is 5.79. The van der Waals surface area contributed by atoms with Gasteiger partial charge < -0.3 is 14.2 Å². The summed E-state index contributed by atoms with van der Waals surface area (Å²) in [5, 5.41) is 0.941. The molecule has 2 aromatic rings. The minimum absolute atomic E-state index is 0.0265. The topological polar surface area (TPSA) is 44.8 Å². The van der Waals surface area contributed by atoms with Crippen LogP contribution in [0.1, 0.15) is 19.8 Å². The van der Waals surface area contributed by atoms with Crippen LogP contribution in [0.2, 0.25) is 10.0 Å². The highest BCUT2D eigenvalue weighted by Gasteiger charge is 2.07. The molecule has 0 atom stereocenters. The summed E-state index contributed by atoms with van der Waals surface area (Å²) in [5.74, 6) is 1.09. The van der Waals surface area contributed by atoms with Crippen LogP contribution in [0.25, 0.3) is 0 Å². The molecule has 0 aliphatic rings. The van der Waals surface area contributed by atoms with Crippen LogP contribution in [0.15, 0.2) is 54.1 Å². The second-order valence-corrected chi connectivity index (χ2v) is 6.66. The first-order valence-corrected chi connectivity index (χ1v) is 9.12. The van der Waals surface area contributed by atoms with E-state index in [0.717, 1.165) is 0 Å². The molecule has 0 aliphatic carbocycles. The van der Waals surface area contributed by atoms with Crippen LogP contribution in [0, 0.1) is 0 Å². The maximum Gasteiger partial charge on any atom is 0.306 e. The summed E-state index contributed by atoms with van der Waals surface area (Å²) in [5.41, 5.74) is -0.115. The maximum atomic E-state index is 12.2. The lowest BCUT2D eigenvalue weighted by Gasteiger charge is -2.09. The van der Waals surface area contributed by atoms with Crippen LogP contribution in [-0.2, 0) is 9.53 Å². The average Bonchev–Trinajstić information content (AvgIpc) is 2.63. The van der Waals surface area contributed by atoms with Gasteiger partial charge in [-0.05, 0) is 61.4 Å². The van der Waals surface area contributed by atoms with Gasteiger partial charge in [-0.2, -0.15) is 8.78 Å². The van der Waals surface area contributed by atoms with Gasteiger partial charge in [-0.3, -0.25) is 4.79 Å². The van der Waals surface area contributed by atoms with Crippen LogP contribution < -0.4 is 9.47 Å². The number of halogens is 4. The van der Waals surface area contributed by atoms with E-state index >= 15 is 0 Å². The molecule has 8 heteroatoms. The van der Waals surface area contributed by atoms with Gasteiger partial charge in [-0.15, -0.1) is 0 Å². The van der Waals surface area contributed by atoms with Gasteiger partial charge in [0.2, 0.25) is 0 Å². The molecule has 0 spiro atoms. The molecule has 0 N–H and O–H groups in total. The Hall–Kier alpha value is -2.31. The highest BCUT2D eigenvalue weighted by atomic mass is 35.5. The van der Waals surface area contributed by atoms with Crippen LogP contribution in [0.3, 0.4) is 0 Å². The quantitative estimate of drug-likeness (QED) is 0.329. The molecule has 0 saturated heterocycles. The van der Waals surface area contributed by atoms with Crippen LogP contribution in [0.4, 0.5) is 8.78 Å². The number of carbonyl (C=O) groups is 1. The first-order chi connectivity index (χ1) is 13.3. The van der Waals surface area contributed by atoms with Crippen molar-refractivity contribution < 1.29 is 27.8 Å². The number of ether oxygens (including phenoxy) is 3. The molecule has 0 aromatic heterocycles. The van der Waals surface area contributed by atoms with Crippen molar-refractivity contribution >= 4 is 29.2 Å². The molecule has 4 nitrogen and oxygen atoms in total. The molecule has 0 radical (unpaired) electrons. The van der Waals surface area contributed by atoms with Crippen LogP contribution in [-0.4, -0.2) is 19.2 Å². The SMILES string of the molecule is CC(CCC(=O)OCCOc1ccc(Oc2cc(Cl)cc(Cl)c2)cc1)=C(F)F. The van der Waals surface area contributed by atoms with Gasteiger partial charge in [0.15, 0.2) is 0 Å². The molecule has 2 rings (SSSR count). The lowest BCUT2D eigenvalue weighted by molar-refractivity contribution is -0.144. The third kappa shape index (κ3) is 7.74. The molecular formula is C20H18Cl2F2O4. The van der Waals surface area contributed by atoms with Gasteiger partial charge in [0.05, 0.1) is 0 Å². The molecule has 0 unspecified atom stereocenters. The van der Waals surface area contributed by atoms with E-state index in [0.29, 0.717) is 27.3 Å². The number of rotatable bonds is 9. The molecule has 0 bridgehead atoms. The van der Waals surface area contributed by atoms with Gasteiger partial charge in [0.25, 0.3) is 6.08 Å². The van der Waals surface area contributed by atoms with Crippen molar-refractivity contribution in [2.75, 3.05) is 13.2 Å². The van der Waals surface area contributed by atoms with Crippen LogP contribution in [0.5, 0.6) is 17.2 Å². The van der Waals surface area contributed by atoms with E-state index in [2.05, 4.69) is 0 Å². The third-order valence-corrected chi connectivity index (χ3v) is 3.97. The normalized spacial score (nSPS) is 10.3. The predicted molar refractivity (Wildman–Crippen MR) is 104 cm³/mol. The fraction of sp³-hybridized carbons (Fsp3) is 0.250. The highest BCUT2D eigenvalue weighted by molar-refractivity contribution is 6.34. The summed E-state index contributed by atoms with van der Waals surface area (Å²) in [4.78, 5) is 11.5. The molecule has 2 aromatic carbocycles. The summed E-state index contributed by atoms with van der Waals surface area (Å²) in [7, 11) is 0. The lowest BCUT2D eigenvalue weighted by atomic mass is 10.2. The van der Waals surface area contributed by atoms with E-state index < -0.39 is 12.0 Å². The van der Waals surface area contributed by atoms with Gasteiger partial charge in [0, 0.05) is 16.5 Å². The monoisotopic (exact) mass is 430 g/mol. The van der Waals surface area contributed by atoms with E-state index in [1.54, 1.807) is 42.5 Å². The number of benzene rings is 2. The first kappa shape index (κ1) is 22.0. The summed E-state index contributed by atoms with van der Waals surface area (Å²) in [6, 6.07) is 11.7. The van der Waals surface area contributed by atoms with Crippen molar-refractivity contribution in [1.82, 2.24) is 0 Å². The number of carbonyl (C=O) groups excluding carboxylic acids is 1. The van der Waals surface area contributed by atoms with E-state index in [1.165, 1.54) is 6.92 Å². The standard InChI is InChI=1S/C20H18Cl2F2O4/c1-13(20(23)24)2-7-19(25)27-9-8-26-16-3-5-17(6-4-16)28-18-11-14(21)10-15(22)12-18/h3-6,10-12H,2,7-9H2,1H3. The predicted octanol–water partition coefficient (Wildman–Crippen LogP) is 6.66. The summed E-state index contributed by atoms with van der Waals surface area (Å²) in [6.07, 6.45) is -1.88. The molecule has 0 heterocycles. The molecular weight excluding hydrogens is 413 g/mol. The van der Waals surface area contributed by atoms with Gasteiger partial charge in [-0.25, -0.2) is 0 Å². The second kappa shape index (κ2) is 10.9. The van der Waals surface area contributed by atoms with Gasteiger partial charge >= 0.3 is 5.97 Å². The Morgan fingerprint density at radius 3 is 2.11 bits per heavy atom. The summed E-state index contributed by atoms with van der Waals surface area (Å²) < 4.78 is 40.6. The fourth-order valence-electron chi connectivity index (χ4n) is 2.10. The van der Waals surface area contributed by atoms with Crippen molar-refractivity contribution in [3.05, 3.63) is 64.2 Å². The summed E-state index contributed by atoms with van der Waals surface area (Å²) >= 11 is 11.9. The number of hydrogen-bond acceptors (Lipinski definition) is 4. The first-order valence-electron chi connectivity index (χ1n) is 8.36. The Morgan fingerprint density at radius 2 is 1.50 bits per heavy atom. The third-order valence-electron chi connectivity index (χ3n) is 3.54. The minimum atomic E-state index is -1.76. The number of esters is 1. The Balaban J connectivity index is 1.72. The van der Waals surface area contributed by atoms with Gasteiger partial charge in [-0.1, -0.05) is 23.2 Å². The molecule has 0 amide bonds. The molecule has 0 fully saturated rings. The smallest absolute Gasteiger partial charge is 0.306 e. The largest absolute Gasteiger partial charge is 0.490 e.